The summed E-state index contributed by atoms with van der Waals surface area (Å²) in [4.78, 5) is 0. The number of hydrogen-bond donors (Lipinski definition) is 1. The molecule has 0 saturated heterocycles. The van der Waals surface area contributed by atoms with Crippen LogP contribution in [0.2, 0.25) is 0 Å². The molecule has 0 fully saturated rings. The molecule has 2 aromatic heterocycles. The summed E-state index contributed by atoms with van der Waals surface area (Å²) in [5.74, 6) is 1.57. The molecule has 0 unspecified atom stereocenters. The van der Waals surface area contributed by atoms with Crippen LogP contribution in [0.15, 0.2) is 54.9 Å². The van der Waals surface area contributed by atoms with Gasteiger partial charge in [0.05, 0.1) is 7.11 Å². The molecule has 0 bridgehead atoms. The van der Waals surface area contributed by atoms with Gasteiger partial charge in [-0.05, 0) is 24.3 Å². The normalized spacial score (nSPS) is 11.0. The van der Waals surface area contributed by atoms with E-state index in [1.54, 1.807) is 18.0 Å². The Morgan fingerprint density at radius 2 is 1.77 bits per heavy atom. The molecule has 0 radical (unpaired) electrons. The van der Waals surface area contributed by atoms with Gasteiger partial charge in [-0.15, -0.1) is 15.3 Å². The summed E-state index contributed by atoms with van der Waals surface area (Å²) in [5.41, 5.74) is 1.68. The summed E-state index contributed by atoms with van der Waals surface area (Å²) in [6.07, 6.45) is 1.60. The molecule has 0 atom stereocenters. The summed E-state index contributed by atoms with van der Waals surface area (Å²) < 4.78 is 6.85. The van der Waals surface area contributed by atoms with E-state index in [4.69, 9.17) is 4.74 Å². The zero-order valence-electron chi connectivity index (χ0n) is 11.9. The van der Waals surface area contributed by atoms with Crippen LogP contribution in [0.5, 0.6) is 5.75 Å². The molecule has 108 valence electrons. The number of anilines is 2. The minimum atomic E-state index is 0.746. The Labute approximate surface area is 126 Å². The summed E-state index contributed by atoms with van der Waals surface area (Å²) in [6, 6.07) is 15.7. The molecule has 4 rings (SSSR count). The Morgan fingerprint density at radius 3 is 2.55 bits per heavy atom. The topological polar surface area (TPSA) is 64.3 Å². The number of rotatable bonds is 3. The van der Waals surface area contributed by atoms with Crippen molar-refractivity contribution in [3.8, 4) is 5.75 Å². The smallest absolute Gasteiger partial charge is 0.185 e. The van der Waals surface area contributed by atoms with Crippen LogP contribution >= 0.6 is 0 Å². The molecule has 4 aromatic rings. The molecule has 0 saturated carbocycles. The number of nitrogens with one attached hydrogen (secondary N) is 1. The van der Waals surface area contributed by atoms with Gasteiger partial charge in [-0.1, -0.05) is 24.3 Å². The predicted octanol–water partition coefficient (Wildman–Crippen LogP) is 3.03. The molecule has 1 N–H and O–H groups in total. The van der Waals surface area contributed by atoms with Crippen molar-refractivity contribution in [2.75, 3.05) is 12.4 Å². The van der Waals surface area contributed by atoms with Crippen molar-refractivity contribution in [2.45, 2.75) is 0 Å². The van der Waals surface area contributed by atoms with Crippen molar-refractivity contribution in [1.82, 2.24) is 19.8 Å². The SMILES string of the molecule is COc1ccc(Nc2nn3cnnc3c3ccccc23)cc1. The lowest BCUT2D eigenvalue weighted by Gasteiger charge is -2.10. The predicted molar refractivity (Wildman–Crippen MR) is 84.6 cm³/mol. The standard InChI is InChI=1S/C16H13N5O/c1-22-12-8-6-11(7-9-12)18-15-13-4-2-3-5-14(13)16-19-17-10-21(16)20-15/h2-10H,1H3,(H,18,20). The Bertz CT molecular complexity index is 946. The van der Waals surface area contributed by atoms with Gasteiger partial charge >= 0.3 is 0 Å². The number of nitrogens with zero attached hydrogens (tertiary/aromatic N) is 4. The lowest BCUT2D eigenvalue weighted by molar-refractivity contribution is 0.415. The van der Waals surface area contributed by atoms with Gasteiger partial charge in [-0.2, -0.15) is 4.52 Å². The molecular weight excluding hydrogens is 278 g/mol. The average Bonchev–Trinajstić information content (AvgIpc) is 3.04. The highest BCUT2D eigenvalue weighted by atomic mass is 16.5. The number of hydrogen-bond acceptors (Lipinski definition) is 5. The van der Waals surface area contributed by atoms with E-state index in [0.717, 1.165) is 33.7 Å². The first-order valence-electron chi connectivity index (χ1n) is 6.85. The summed E-state index contributed by atoms with van der Waals surface area (Å²) in [6.45, 7) is 0. The lowest BCUT2D eigenvalue weighted by Crippen LogP contribution is -2.00. The summed E-state index contributed by atoms with van der Waals surface area (Å²) >= 11 is 0. The first kappa shape index (κ1) is 12.6. The van der Waals surface area contributed by atoms with E-state index < -0.39 is 0 Å². The van der Waals surface area contributed by atoms with Gasteiger partial charge < -0.3 is 10.1 Å². The minimum absolute atomic E-state index is 0.746. The molecule has 0 amide bonds. The highest BCUT2D eigenvalue weighted by Gasteiger charge is 2.09. The monoisotopic (exact) mass is 291 g/mol. The van der Waals surface area contributed by atoms with Gasteiger partial charge in [0.1, 0.15) is 12.1 Å². The Hall–Kier alpha value is -3.15. The van der Waals surface area contributed by atoms with E-state index in [1.807, 2.05) is 48.5 Å². The second-order valence-corrected chi connectivity index (χ2v) is 4.85. The summed E-state index contributed by atoms with van der Waals surface area (Å²) in [5, 5.41) is 17.9. The maximum Gasteiger partial charge on any atom is 0.185 e. The van der Waals surface area contributed by atoms with Crippen LogP contribution in [0, 0.1) is 0 Å². The van der Waals surface area contributed by atoms with Crippen LogP contribution in [0.3, 0.4) is 0 Å². The molecule has 6 nitrogen and oxygen atoms in total. The number of ether oxygens (including phenoxy) is 1. The van der Waals surface area contributed by atoms with E-state index >= 15 is 0 Å². The molecule has 0 aliphatic heterocycles. The fraction of sp³-hybridized carbons (Fsp3) is 0.0625. The quantitative estimate of drug-likeness (QED) is 0.628. The third-order valence-corrected chi connectivity index (χ3v) is 3.51. The van der Waals surface area contributed by atoms with Crippen LogP contribution in [-0.2, 0) is 0 Å². The maximum absolute atomic E-state index is 5.17. The van der Waals surface area contributed by atoms with Crippen molar-refractivity contribution >= 4 is 27.9 Å². The van der Waals surface area contributed by atoms with Crippen molar-refractivity contribution in [3.05, 3.63) is 54.9 Å². The van der Waals surface area contributed by atoms with Gasteiger partial charge in [-0.25, -0.2) is 0 Å². The third kappa shape index (κ3) is 2.01. The lowest BCUT2D eigenvalue weighted by atomic mass is 10.2. The third-order valence-electron chi connectivity index (χ3n) is 3.51. The highest BCUT2D eigenvalue weighted by molar-refractivity contribution is 6.00. The van der Waals surface area contributed by atoms with Gasteiger partial charge in [-0.3, -0.25) is 0 Å². The Kier molecular flexibility index (Phi) is 2.86. The first-order valence-corrected chi connectivity index (χ1v) is 6.85. The van der Waals surface area contributed by atoms with Crippen LogP contribution < -0.4 is 10.1 Å². The van der Waals surface area contributed by atoms with E-state index in [2.05, 4.69) is 20.6 Å². The molecule has 22 heavy (non-hydrogen) atoms. The van der Waals surface area contributed by atoms with E-state index in [0.29, 0.717) is 0 Å². The number of methoxy groups -OCH3 is 1. The minimum Gasteiger partial charge on any atom is -0.497 e. The van der Waals surface area contributed by atoms with Gasteiger partial charge in [0.15, 0.2) is 11.5 Å². The number of aromatic nitrogens is 4. The second kappa shape index (κ2) is 5.00. The van der Waals surface area contributed by atoms with Crippen molar-refractivity contribution < 1.29 is 4.74 Å². The fourth-order valence-corrected chi connectivity index (χ4v) is 2.43. The number of fused-ring (bicyclic) bond motifs is 3. The molecule has 2 heterocycles. The molecule has 6 heteroatoms. The fourth-order valence-electron chi connectivity index (χ4n) is 2.43. The molecule has 0 spiro atoms. The zero-order chi connectivity index (χ0) is 14.9. The van der Waals surface area contributed by atoms with E-state index in [-0.39, 0.29) is 0 Å². The Balaban J connectivity index is 1.84. The van der Waals surface area contributed by atoms with Gasteiger partial charge in [0.2, 0.25) is 0 Å². The summed E-state index contributed by atoms with van der Waals surface area (Å²) in [7, 11) is 1.65. The van der Waals surface area contributed by atoms with Gasteiger partial charge in [0, 0.05) is 16.5 Å². The number of benzene rings is 2. The molecule has 0 aliphatic carbocycles. The average molecular weight is 291 g/mol. The maximum atomic E-state index is 5.17. The van der Waals surface area contributed by atoms with E-state index in [9.17, 15) is 0 Å². The first-order chi connectivity index (χ1) is 10.8. The van der Waals surface area contributed by atoms with E-state index in [1.165, 1.54) is 0 Å². The van der Waals surface area contributed by atoms with Crippen LogP contribution in [0.25, 0.3) is 16.4 Å². The molecule has 0 aliphatic rings. The van der Waals surface area contributed by atoms with Crippen LogP contribution in [-0.4, -0.2) is 26.9 Å². The largest absolute Gasteiger partial charge is 0.497 e. The van der Waals surface area contributed by atoms with Crippen molar-refractivity contribution in [3.63, 3.8) is 0 Å². The zero-order valence-corrected chi connectivity index (χ0v) is 11.9. The highest BCUT2D eigenvalue weighted by Crippen LogP contribution is 2.27. The Morgan fingerprint density at radius 1 is 1.00 bits per heavy atom. The van der Waals surface area contributed by atoms with Crippen molar-refractivity contribution in [2.24, 2.45) is 0 Å². The molecule has 2 aromatic carbocycles. The van der Waals surface area contributed by atoms with Crippen LogP contribution in [0.4, 0.5) is 11.5 Å². The van der Waals surface area contributed by atoms with Crippen molar-refractivity contribution in [1.29, 1.82) is 0 Å². The van der Waals surface area contributed by atoms with Gasteiger partial charge in [0.25, 0.3) is 0 Å². The molecular formula is C16H13N5O. The second-order valence-electron chi connectivity index (χ2n) is 4.85. The van der Waals surface area contributed by atoms with Crippen LogP contribution in [0.1, 0.15) is 0 Å².